The van der Waals surface area contributed by atoms with E-state index < -0.39 is 8.80 Å². The minimum atomic E-state index is -0.974. The minimum absolute atomic E-state index is 0.478. The second kappa shape index (κ2) is 9.08. The van der Waals surface area contributed by atoms with Crippen molar-refractivity contribution in [3.8, 4) is 0 Å². The molecule has 4 rings (SSSR count). The third kappa shape index (κ3) is 3.95. The average Bonchev–Trinajstić information content (AvgIpc) is 3.00. The van der Waals surface area contributed by atoms with Gasteiger partial charge >= 0.3 is 0 Å². The van der Waals surface area contributed by atoms with E-state index in [0.29, 0.717) is 5.92 Å². The third-order valence-corrected chi connectivity index (χ3v) is 11.0. The van der Waals surface area contributed by atoms with Crippen molar-refractivity contribution in [2.45, 2.75) is 54.5 Å². The number of rotatable bonds is 5. The summed E-state index contributed by atoms with van der Waals surface area (Å²) in [7, 11) is -0.974. The lowest BCUT2D eigenvalue weighted by atomic mass is 9.91. The fourth-order valence-corrected chi connectivity index (χ4v) is 8.80. The molecule has 1 aliphatic carbocycles. The quantitative estimate of drug-likeness (QED) is 0.380. The van der Waals surface area contributed by atoms with Crippen LogP contribution < -0.4 is 10.4 Å². The van der Waals surface area contributed by atoms with E-state index in [1.54, 1.807) is 21.5 Å². The van der Waals surface area contributed by atoms with E-state index >= 15 is 0 Å². The van der Waals surface area contributed by atoms with E-state index in [-0.39, 0.29) is 0 Å². The summed E-state index contributed by atoms with van der Waals surface area (Å²) in [6.45, 7) is 16.2. The van der Waals surface area contributed by atoms with Crippen molar-refractivity contribution < 1.29 is 0 Å². The van der Waals surface area contributed by atoms with Gasteiger partial charge in [-0.1, -0.05) is 82.7 Å². The van der Waals surface area contributed by atoms with Gasteiger partial charge in [-0.3, -0.25) is 0 Å². The van der Waals surface area contributed by atoms with Crippen molar-refractivity contribution in [1.82, 2.24) is 0 Å². The summed E-state index contributed by atoms with van der Waals surface area (Å²) in [5.41, 5.74) is 13.2. The third-order valence-electron chi connectivity index (χ3n) is 7.78. The highest BCUT2D eigenvalue weighted by Crippen LogP contribution is 2.45. The SMILES string of the molecule is CC1=C(C)C(C[Si](c2cccc(C)c2C)c2cccc(C)c2C)C(c2ccccc2)=C1C. The summed E-state index contributed by atoms with van der Waals surface area (Å²) in [6.07, 6.45) is 0. The van der Waals surface area contributed by atoms with E-state index in [1.807, 2.05) is 0 Å². The number of aryl methyl sites for hydroxylation is 2. The van der Waals surface area contributed by atoms with Gasteiger partial charge in [-0.25, -0.2) is 0 Å². The zero-order valence-corrected chi connectivity index (χ0v) is 21.6. The summed E-state index contributed by atoms with van der Waals surface area (Å²) in [4.78, 5) is 0. The molecule has 0 nitrogen and oxygen atoms in total. The van der Waals surface area contributed by atoms with Crippen molar-refractivity contribution in [2.24, 2.45) is 5.92 Å². The van der Waals surface area contributed by atoms with Crippen LogP contribution >= 0.6 is 0 Å². The van der Waals surface area contributed by atoms with Gasteiger partial charge in [-0.05, 0) is 99.0 Å². The first-order valence-corrected chi connectivity index (χ1v) is 13.4. The predicted octanol–water partition coefficient (Wildman–Crippen LogP) is 6.97. The van der Waals surface area contributed by atoms with E-state index in [0.717, 1.165) is 0 Å². The van der Waals surface area contributed by atoms with Gasteiger partial charge in [0.1, 0.15) is 8.80 Å². The van der Waals surface area contributed by atoms with Gasteiger partial charge in [0.25, 0.3) is 0 Å². The van der Waals surface area contributed by atoms with Crippen LogP contribution in [0.25, 0.3) is 5.57 Å². The lowest BCUT2D eigenvalue weighted by Gasteiger charge is -2.27. The monoisotopic (exact) mass is 435 g/mol. The Kier molecular flexibility index (Phi) is 6.39. The Bertz CT molecular complexity index is 1160. The lowest BCUT2D eigenvalue weighted by molar-refractivity contribution is 0.884. The maximum Gasteiger partial charge on any atom is 0.123 e. The van der Waals surface area contributed by atoms with Crippen LogP contribution in [0.4, 0.5) is 0 Å². The molecule has 0 bridgehead atoms. The van der Waals surface area contributed by atoms with E-state index in [1.165, 1.54) is 45.0 Å². The Balaban J connectivity index is 1.87. The predicted molar refractivity (Wildman–Crippen MR) is 143 cm³/mol. The summed E-state index contributed by atoms with van der Waals surface area (Å²) < 4.78 is 0. The zero-order valence-electron chi connectivity index (χ0n) is 20.6. The minimum Gasteiger partial charge on any atom is -0.0629 e. The number of benzene rings is 3. The van der Waals surface area contributed by atoms with Crippen LogP contribution in [0, 0.1) is 33.6 Å². The first-order chi connectivity index (χ1) is 15.3. The first-order valence-electron chi connectivity index (χ1n) is 11.7. The molecule has 32 heavy (non-hydrogen) atoms. The van der Waals surface area contributed by atoms with Gasteiger partial charge in [0, 0.05) is 5.92 Å². The van der Waals surface area contributed by atoms with Gasteiger partial charge < -0.3 is 0 Å². The molecule has 1 radical (unpaired) electrons. The maximum absolute atomic E-state index is 2.40. The number of hydrogen-bond donors (Lipinski definition) is 0. The van der Waals surface area contributed by atoms with Crippen LogP contribution in [-0.4, -0.2) is 8.80 Å². The van der Waals surface area contributed by atoms with Gasteiger partial charge in [-0.15, -0.1) is 0 Å². The Labute approximate surface area is 196 Å². The topological polar surface area (TPSA) is 0 Å². The molecule has 1 unspecified atom stereocenters. The van der Waals surface area contributed by atoms with Gasteiger partial charge in [0.2, 0.25) is 0 Å². The molecule has 1 heteroatoms. The molecule has 163 valence electrons. The van der Waals surface area contributed by atoms with E-state index in [4.69, 9.17) is 0 Å². The maximum atomic E-state index is 2.40. The van der Waals surface area contributed by atoms with Crippen molar-refractivity contribution in [2.75, 3.05) is 0 Å². The number of allylic oxidation sites excluding steroid dienone is 4. The smallest absolute Gasteiger partial charge is 0.0629 e. The van der Waals surface area contributed by atoms with E-state index in [2.05, 4.69) is 115 Å². The fraction of sp³-hybridized carbons (Fsp3) is 0.290. The largest absolute Gasteiger partial charge is 0.123 e. The lowest BCUT2D eigenvalue weighted by Crippen LogP contribution is -2.46. The molecule has 0 N–H and O–H groups in total. The van der Waals surface area contributed by atoms with E-state index in [9.17, 15) is 0 Å². The Morgan fingerprint density at radius 2 is 1.12 bits per heavy atom. The summed E-state index contributed by atoms with van der Waals surface area (Å²) >= 11 is 0. The molecule has 0 saturated heterocycles. The molecular weight excluding hydrogens is 400 g/mol. The van der Waals surface area contributed by atoms with Crippen molar-refractivity contribution in [3.05, 3.63) is 111 Å². The Hall–Kier alpha value is -2.64. The molecule has 3 aromatic rings. The molecule has 0 aliphatic heterocycles. The molecule has 1 aliphatic rings. The first kappa shape index (κ1) is 22.5. The second-order valence-corrected chi connectivity index (χ2v) is 11.9. The highest BCUT2D eigenvalue weighted by molar-refractivity contribution is 6.86. The molecule has 0 aromatic heterocycles. The zero-order chi connectivity index (χ0) is 23.0. The van der Waals surface area contributed by atoms with Gasteiger partial charge in [0.05, 0.1) is 0 Å². The van der Waals surface area contributed by atoms with Crippen LogP contribution in [-0.2, 0) is 0 Å². The van der Waals surface area contributed by atoms with Crippen LogP contribution in [0.15, 0.2) is 83.4 Å². The Morgan fingerprint density at radius 1 is 0.594 bits per heavy atom. The van der Waals surface area contributed by atoms with Crippen LogP contribution in [0.1, 0.15) is 48.6 Å². The highest BCUT2D eigenvalue weighted by Gasteiger charge is 2.33. The normalized spacial score (nSPS) is 16.4. The van der Waals surface area contributed by atoms with Gasteiger partial charge in [-0.2, -0.15) is 0 Å². The van der Waals surface area contributed by atoms with Gasteiger partial charge in [0.15, 0.2) is 0 Å². The van der Waals surface area contributed by atoms with Crippen LogP contribution in [0.3, 0.4) is 0 Å². The molecule has 3 aromatic carbocycles. The van der Waals surface area contributed by atoms with Crippen molar-refractivity contribution in [3.63, 3.8) is 0 Å². The van der Waals surface area contributed by atoms with Crippen LogP contribution in [0.2, 0.25) is 6.04 Å². The number of hydrogen-bond acceptors (Lipinski definition) is 0. The molecule has 0 amide bonds. The second-order valence-electron chi connectivity index (χ2n) is 9.44. The van der Waals surface area contributed by atoms with Crippen molar-refractivity contribution in [1.29, 1.82) is 0 Å². The van der Waals surface area contributed by atoms with Crippen LogP contribution in [0.5, 0.6) is 0 Å². The van der Waals surface area contributed by atoms with Crippen molar-refractivity contribution >= 4 is 24.7 Å². The highest BCUT2D eigenvalue weighted by atomic mass is 28.3. The molecule has 0 saturated carbocycles. The average molecular weight is 436 g/mol. The summed E-state index contributed by atoms with van der Waals surface area (Å²) in [6, 6.07) is 26.1. The molecule has 0 heterocycles. The molecule has 1 atom stereocenters. The summed E-state index contributed by atoms with van der Waals surface area (Å²) in [5.74, 6) is 0.478. The molecule has 0 spiro atoms. The Morgan fingerprint density at radius 3 is 1.66 bits per heavy atom. The molecule has 0 fully saturated rings. The summed E-state index contributed by atoms with van der Waals surface area (Å²) in [5, 5.41) is 3.15. The molecular formula is C31H35Si. The standard InChI is InChI=1S/C31H35Si/c1-20-13-11-17-29(22(20)3)32(30-18-12-14-21(2)23(30)4)19-28-25(6)24(5)26(7)31(28)27-15-9-8-10-16-27/h8-18,28H,19H2,1-7H3. The fourth-order valence-electron chi connectivity index (χ4n) is 5.25.